The number of anilines is 1. The number of aromatic nitrogens is 3. The van der Waals surface area contributed by atoms with Crippen LogP contribution < -0.4 is 5.32 Å². The van der Waals surface area contributed by atoms with Crippen molar-refractivity contribution in [1.82, 2.24) is 14.8 Å². The number of hydrogen-bond donors (Lipinski definition) is 1. The van der Waals surface area contributed by atoms with Gasteiger partial charge in [-0.3, -0.25) is 4.79 Å². The molecule has 0 aliphatic rings. The summed E-state index contributed by atoms with van der Waals surface area (Å²) in [6.45, 7) is 8.00. The maximum atomic E-state index is 13.0. The Morgan fingerprint density at radius 3 is 2.10 bits per heavy atom. The second kappa shape index (κ2) is 7.95. The smallest absolute Gasteiger partial charge is 0.295 e. The van der Waals surface area contributed by atoms with Crippen LogP contribution in [-0.2, 0) is 0 Å². The summed E-state index contributed by atoms with van der Waals surface area (Å²) in [5, 5.41) is 7.57. The van der Waals surface area contributed by atoms with E-state index in [1.807, 2.05) is 94.4 Å². The number of nitrogens with zero attached hydrogens (tertiary/aromatic N) is 3. The maximum absolute atomic E-state index is 13.0. The van der Waals surface area contributed by atoms with E-state index in [0.717, 1.165) is 39.2 Å². The highest BCUT2D eigenvalue weighted by atomic mass is 16.2. The molecule has 0 aliphatic carbocycles. The van der Waals surface area contributed by atoms with Gasteiger partial charge in [-0.05, 0) is 50.5 Å². The number of carbonyl (C=O) groups is 1. The van der Waals surface area contributed by atoms with E-state index < -0.39 is 0 Å². The van der Waals surface area contributed by atoms with E-state index in [9.17, 15) is 4.79 Å². The number of aryl methyl sites for hydroxylation is 4. The third-order valence-corrected chi connectivity index (χ3v) is 5.18. The SMILES string of the molecule is Cc1ccc(-c2nc(C(=O)Nc3c(C)cccc3C)nn2-c2ccccc2C)cc1. The normalized spacial score (nSPS) is 10.8. The molecule has 0 spiro atoms. The van der Waals surface area contributed by atoms with E-state index in [1.165, 1.54) is 0 Å². The van der Waals surface area contributed by atoms with Crippen molar-refractivity contribution >= 4 is 11.6 Å². The first-order valence-corrected chi connectivity index (χ1v) is 9.91. The van der Waals surface area contributed by atoms with Gasteiger partial charge in [0.15, 0.2) is 5.82 Å². The van der Waals surface area contributed by atoms with Crippen LogP contribution in [0.2, 0.25) is 0 Å². The third kappa shape index (κ3) is 3.74. The summed E-state index contributed by atoms with van der Waals surface area (Å²) in [7, 11) is 0. The summed E-state index contributed by atoms with van der Waals surface area (Å²) in [6.07, 6.45) is 0. The number of benzene rings is 3. The van der Waals surface area contributed by atoms with Crippen molar-refractivity contribution in [3.05, 3.63) is 94.8 Å². The van der Waals surface area contributed by atoms with Crippen LogP contribution in [0.4, 0.5) is 5.69 Å². The Labute approximate surface area is 176 Å². The van der Waals surface area contributed by atoms with E-state index in [4.69, 9.17) is 0 Å². The van der Waals surface area contributed by atoms with Crippen molar-refractivity contribution in [2.45, 2.75) is 27.7 Å². The fraction of sp³-hybridized carbons (Fsp3) is 0.160. The molecule has 4 aromatic rings. The second-order valence-electron chi connectivity index (χ2n) is 7.54. The Hall–Kier alpha value is -3.73. The standard InChI is InChI=1S/C25H24N4O/c1-16-12-14-20(15-13-16)24-27-23(28-29(24)21-11-6-5-8-17(21)2)25(30)26-22-18(3)9-7-10-19(22)4/h5-15H,1-4H3,(H,26,30). The lowest BCUT2D eigenvalue weighted by atomic mass is 10.1. The number of nitrogens with one attached hydrogen (secondary N) is 1. The first-order chi connectivity index (χ1) is 14.4. The molecule has 5 nitrogen and oxygen atoms in total. The van der Waals surface area contributed by atoms with Gasteiger partial charge >= 0.3 is 0 Å². The number of amides is 1. The number of carbonyl (C=O) groups excluding carboxylic acids is 1. The zero-order chi connectivity index (χ0) is 21.3. The van der Waals surface area contributed by atoms with Gasteiger partial charge in [-0.25, -0.2) is 9.67 Å². The summed E-state index contributed by atoms with van der Waals surface area (Å²) in [6, 6.07) is 21.9. The third-order valence-electron chi connectivity index (χ3n) is 5.18. The van der Waals surface area contributed by atoms with Crippen LogP contribution in [0, 0.1) is 27.7 Å². The lowest BCUT2D eigenvalue weighted by Crippen LogP contribution is -2.16. The van der Waals surface area contributed by atoms with Crippen molar-refractivity contribution in [1.29, 1.82) is 0 Å². The minimum atomic E-state index is -0.326. The Kier molecular flexibility index (Phi) is 5.19. The van der Waals surface area contributed by atoms with Crippen molar-refractivity contribution in [3.8, 4) is 17.1 Å². The van der Waals surface area contributed by atoms with Crippen molar-refractivity contribution in [3.63, 3.8) is 0 Å². The molecule has 0 atom stereocenters. The molecule has 0 aliphatic heterocycles. The molecule has 1 aromatic heterocycles. The number of hydrogen-bond acceptors (Lipinski definition) is 3. The van der Waals surface area contributed by atoms with Gasteiger partial charge in [0.2, 0.25) is 5.82 Å². The van der Waals surface area contributed by atoms with Crippen LogP contribution in [0.25, 0.3) is 17.1 Å². The molecule has 30 heavy (non-hydrogen) atoms. The first kappa shape index (κ1) is 19.6. The largest absolute Gasteiger partial charge is 0.319 e. The highest BCUT2D eigenvalue weighted by Gasteiger charge is 2.20. The molecule has 0 bridgehead atoms. The Morgan fingerprint density at radius 1 is 0.800 bits per heavy atom. The number of rotatable bonds is 4. The maximum Gasteiger partial charge on any atom is 0.295 e. The Bertz CT molecular complexity index is 1200. The van der Waals surface area contributed by atoms with E-state index in [0.29, 0.717) is 5.82 Å². The highest BCUT2D eigenvalue weighted by molar-refractivity contribution is 6.02. The van der Waals surface area contributed by atoms with Crippen molar-refractivity contribution in [2.75, 3.05) is 5.32 Å². The van der Waals surface area contributed by atoms with Crippen molar-refractivity contribution < 1.29 is 4.79 Å². The van der Waals surface area contributed by atoms with E-state index in [1.54, 1.807) is 4.68 Å². The predicted octanol–water partition coefficient (Wildman–Crippen LogP) is 5.42. The minimum Gasteiger partial charge on any atom is -0.319 e. The molecule has 0 unspecified atom stereocenters. The summed E-state index contributed by atoms with van der Waals surface area (Å²) in [4.78, 5) is 17.7. The van der Waals surface area contributed by atoms with E-state index in [-0.39, 0.29) is 11.7 Å². The van der Waals surface area contributed by atoms with Crippen LogP contribution in [0.3, 0.4) is 0 Å². The van der Waals surface area contributed by atoms with Crippen LogP contribution in [0.5, 0.6) is 0 Å². The number of para-hydroxylation sites is 2. The van der Waals surface area contributed by atoms with Crippen LogP contribution in [0.15, 0.2) is 66.7 Å². The highest BCUT2D eigenvalue weighted by Crippen LogP contribution is 2.25. The van der Waals surface area contributed by atoms with Gasteiger partial charge < -0.3 is 5.32 Å². The molecule has 1 N–H and O–H groups in total. The van der Waals surface area contributed by atoms with Gasteiger partial charge in [-0.2, -0.15) is 0 Å². The summed E-state index contributed by atoms with van der Waals surface area (Å²) in [5.41, 5.74) is 6.81. The lowest BCUT2D eigenvalue weighted by Gasteiger charge is -2.10. The van der Waals surface area contributed by atoms with Crippen molar-refractivity contribution in [2.24, 2.45) is 0 Å². The van der Waals surface area contributed by atoms with E-state index >= 15 is 0 Å². The first-order valence-electron chi connectivity index (χ1n) is 9.91. The van der Waals surface area contributed by atoms with Gasteiger partial charge in [-0.15, -0.1) is 5.10 Å². The van der Waals surface area contributed by atoms with Gasteiger partial charge in [0.25, 0.3) is 5.91 Å². The second-order valence-corrected chi connectivity index (χ2v) is 7.54. The Morgan fingerprint density at radius 2 is 1.43 bits per heavy atom. The quantitative estimate of drug-likeness (QED) is 0.501. The average Bonchev–Trinajstić information content (AvgIpc) is 3.17. The monoisotopic (exact) mass is 396 g/mol. The van der Waals surface area contributed by atoms with Crippen LogP contribution in [-0.4, -0.2) is 20.7 Å². The van der Waals surface area contributed by atoms with Gasteiger partial charge in [0, 0.05) is 11.3 Å². The summed E-state index contributed by atoms with van der Waals surface area (Å²) < 4.78 is 1.75. The molecule has 3 aromatic carbocycles. The fourth-order valence-corrected chi connectivity index (χ4v) is 3.45. The lowest BCUT2D eigenvalue weighted by molar-refractivity contribution is 0.101. The zero-order valence-electron chi connectivity index (χ0n) is 17.6. The van der Waals surface area contributed by atoms with Crippen LogP contribution in [0.1, 0.15) is 32.9 Å². The molecule has 1 heterocycles. The Balaban J connectivity index is 1.80. The molecule has 0 radical (unpaired) electrons. The van der Waals surface area contributed by atoms with E-state index in [2.05, 4.69) is 15.4 Å². The topological polar surface area (TPSA) is 59.8 Å². The van der Waals surface area contributed by atoms with Gasteiger partial charge in [0.1, 0.15) is 0 Å². The average molecular weight is 396 g/mol. The molecule has 150 valence electrons. The van der Waals surface area contributed by atoms with Gasteiger partial charge in [-0.1, -0.05) is 66.2 Å². The minimum absolute atomic E-state index is 0.136. The summed E-state index contributed by atoms with van der Waals surface area (Å²) >= 11 is 0. The molecule has 1 amide bonds. The van der Waals surface area contributed by atoms with Gasteiger partial charge in [0.05, 0.1) is 5.69 Å². The molecular weight excluding hydrogens is 372 g/mol. The molecular formula is C25H24N4O. The molecule has 5 heteroatoms. The molecule has 0 fully saturated rings. The summed E-state index contributed by atoms with van der Waals surface area (Å²) in [5.74, 6) is 0.445. The van der Waals surface area contributed by atoms with Crippen LogP contribution >= 0.6 is 0 Å². The molecule has 0 saturated heterocycles. The zero-order valence-corrected chi connectivity index (χ0v) is 17.6. The molecule has 0 saturated carbocycles. The predicted molar refractivity (Wildman–Crippen MR) is 120 cm³/mol. The fourth-order valence-electron chi connectivity index (χ4n) is 3.45. The molecule has 4 rings (SSSR count).